The summed E-state index contributed by atoms with van der Waals surface area (Å²) in [5.74, 6) is -0.218. The molecule has 0 saturated carbocycles. The van der Waals surface area contributed by atoms with E-state index in [1.54, 1.807) is 43.3 Å². The Labute approximate surface area is 176 Å². The van der Waals surface area contributed by atoms with Crippen LogP contribution >= 0.6 is 11.6 Å². The van der Waals surface area contributed by atoms with Crippen molar-refractivity contribution in [2.45, 2.75) is 51.7 Å². The van der Waals surface area contributed by atoms with Crippen molar-refractivity contribution >= 4 is 17.5 Å². The maximum atomic E-state index is 15.2. The van der Waals surface area contributed by atoms with Gasteiger partial charge in [-0.15, -0.1) is 0 Å². The van der Waals surface area contributed by atoms with Crippen LogP contribution in [0.5, 0.6) is 11.5 Å². The van der Waals surface area contributed by atoms with Gasteiger partial charge in [0.05, 0.1) is 11.6 Å². The molecule has 0 fully saturated rings. The highest BCUT2D eigenvalue weighted by Crippen LogP contribution is 2.36. The SMILES string of the molecule is CC[C@@H](N[C@@H](C)CC(=O)N[C@H](C)CO)c1ccc(Cl)c(Oc2ccccc2)c1F. The number of amides is 1. The van der Waals surface area contributed by atoms with Gasteiger partial charge in [-0.1, -0.05) is 42.8 Å². The molecule has 0 aliphatic heterocycles. The van der Waals surface area contributed by atoms with E-state index in [2.05, 4.69) is 10.6 Å². The highest BCUT2D eigenvalue weighted by atomic mass is 35.5. The lowest BCUT2D eigenvalue weighted by molar-refractivity contribution is -0.122. The van der Waals surface area contributed by atoms with Crippen LogP contribution in [0.15, 0.2) is 42.5 Å². The van der Waals surface area contributed by atoms with Gasteiger partial charge in [0.2, 0.25) is 5.91 Å². The second kappa shape index (κ2) is 11.1. The first-order valence-electron chi connectivity index (χ1n) is 9.72. The van der Waals surface area contributed by atoms with Gasteiger partial charge >= 0.3 is 0 Å². The zero-order valence-electron chi connectivity index (χ0n) is 16.9. The first-order chi connectivity index (χ1) is 13.8. The maximum absolute atomic E-state index is 15.2. The fraction of sp³-hybridized carbons (Fsp3) is 0.409. The van der Waals surface area contributed by atoms with Gasteiger partial charge in [-0.2, -0.15) is 0 Å². The second-order valence-corrected chi connectivity index (χ2v) is 7.49. The van der Waals surface area contributed by atoms with E-state index < -0.39 is 5.82 Å². The lowest BCUT2D eigenvalue weighted by Gasteiger charge is -2.24. The van der Waals surface area contributed by atoms with Crippen LogP contribution in [0.25, 0.3) is 0 Å². The molecule has 0 heterocycles. The molecule has 7 heteroatoms. The summed E-state index contributed by atoms with van der Waals surface area (Å²) in [5, 5.41) is 15.2. The largest absolute Gasteiger partial charge is 0.453 e. The Hall–Kier alpha value is -2.15. The summed E-state index contributed by atoms with van der Waals surface area (Å²) >= 11 is 6.18. The van der Waals surface area contributed by atoms with Crippen molar-refractivity contribution in [1.82, 2.24) is 10.6 Å². The summed E-state index contributed by atoms with van der Waals surface area (Å²) < 4.78 is 20.9. The number of ether oxygens (including phenoxy) is 1. The van der Waals surface area contributed by atoms with Crippen molar-refractivity contribution < 1.29 is 19.0 Å². The molecule has 5 nitrogen and oxygen atoms in total. The third-order valence-electron chi connectivity index (χ3n) is 4.48. The van der Waals surface area contributed by atoms with Gasteiger partial charge in [0.25, 0.3) is 0 Å². The summed E-state index contributed by atoms with van der Waals surface area (Å²) in [6.45, 7) is 5.40. The number of halogens is 2. The van der Waals surface area contributed by atoms with E-state index in [9.17, 15) is 4.79 Å². The molecule has 0 aliphatic carbocycles. The molecule has 2 aromatic rings. The molecule has 1 amide bonds. The molecule has 0 bridgehead atoms. The smallest absolute Gasteiger partial charge is 0.221 e. The number of aliphatic hydroxyl groups excluding tert-OH is 1. The molecular formula is C22H28ClFN2O3. The standard InChI is InChI=1S/C22H28ClFN2O3/c1-4-19(25-14(2)12-20(28)26-15(3)13-27)17-10-11-18(23)22(21(17)24)29-16-8-6-5-7-9-16/h5-11,14-15,19,25,27H,4,12-13H2,1-3H3,(H,26,28)/t14-,15+,19+/m0/s1. The van der Waals surface area contributed by atoms with Crippen LogP contribution in [0.2, 0.25) is 5.02 Å². The monoisotopic (exact) mass is 422 g/mol. The van der Waals surface area contributed by atoms with Crippen molar-refractivity contribution in [2.75, 3.05) is 6.61 Å². The molecule has 0 unspecified atom stereocenters. The average Bonchev–Trinajstić information content (AvgIpc) is 2.70. The molecule has 3 atom stereocenters. The minimum atomic E-state index is -0.522. The van der Waals surface area contributed by atoms with Crippen LogP contribution in [0, 0.1) is 5.82 Å². The molecule has 158 valence electrons. The molecule has 0 aliphatic rings. The molecule has 2 rings (SSSR count). The van der Waals surface area contributed by atoms with Crippen LogP contribution in [0.1, 0.15) is 45.2 Å². The third-order valence-corrected chi connectivity index (χ3v) is 4.78. The number of carbonyl (C=O) groups is 1. The number of benzene rings is 2. The summed E-state index contributed by atoms with van der Waals surface area (Å²) in [6.07, 6.45) is 0.825. The zero-order valence-corrected chi connectivity index (χ0v) is 17.7. The number of para-hydroxylation sites is 1. The van der Waals surface area contributed by atoms with E-state index in [0.717, 1.165) is 0 Å². The van der Waals surface area contributed by atoms with E-state index in [0.29, 0.717) is 17.7 Å². The minimum absolute atomic E-state index is 0.0159. The van der Waals surface area contributed by atoms with Crippen molar-refractivity contribution in [3.8, 4) is 11.5 Å². The molecule has 2 aromatic carbocycles. The summed E-state index contributed by atoms with van der Waals surface area (Å²) in [4.78, 5) is 12.0. The van der Waals surface area contributed by atoms with Crippen LogP contribution in [0.4, 0.5) is 4.39 Å². The molecule has 0 saturated heterocycles. The van der Waals surface area contributed by atoms with E-state index >= 15 is 4.39 Å². The number of hydrogen-bond acceptors (Lipinski definition) is 4. The molecule has 0 radical (unpaired) electrons. The van der Waals surface area contributed by atoms with E-state index in [-0.39, 0.29) is 47.8 Å². The van der Waals surface area contributed by atoms with Gasteiger partial charge in [0.15, 0.2) is 11.6 Å². The van der Waals surface area contributed by atoms with E-state index in [1.807, 2.05) is 19.9 Å². The molecule has 0 aromatic heterocycles. The normalized spacial score (nSPS) is 14.1. The van der Waals surface area contributed by atoms with Gasteiger partial charge < -0.3 is 20.5 Å². The highest BCUT2D eigenvalue weighted by molar-refractivity contribution is 6.32. The van der Waals surface area contributed by atoms with Crippen LogP contribution in [-0.4, -0.2) is 29.7 Å². The van der Waals surface area contributed by atoms with Crippen molar-refractivity contribution in [3.05, 3.63) is 58.9 Å². The first-order valence-corrected chi connectivity index (χ1v) is 10.1. The number of carbonyl (C=O) groups excluding carboxylic acids is 1. The van der Waals surface area contributed by atoms with Crippen molar-refractivity contribution in [2.24, 2.45) is 0 Å². The van der Waals surface area contributed by atoms with Crippen LogP contribution in [-0.2, 0) is 4.79 Å². The summed E-state index contributed by atoms with van der Waals surface area (Å²) in [7, 11) is 0. The first kappa shape index (κ1) is 23.1. The number of nitrogens with one attached hydrogen (secondary N) is 2. The van der Waals surface area contributed by atoms with Crippen molar-refractivity contribution in [1.29, 1.82) is 0 Å². The Balaban J connectivity index is 2.14. The summed E-state index contributed by atoms with van der Waals surface area (Å²) in [5.41, 5.74) is 0.429. The van der Waals surface area contributed by atoms with Crippen LogP contribution in [0.3, 0.4) is 0 Å². The van der Waals surface area contributed by atoms with Gasteiger partial charge in [-0.05, 0) is 38.5 Å². The Morgan fingerprint density at radius 3 is 2.48 bits per heavy atom. The number of aliphatic hydroxyl groups is 1. The molecule has 3 N–H and O–H groups in total. The molecule has 29 heavy (non-hydrogen) atoms. The van der Waals surface area contributed by atoms with Crippen LogP contribution < -0.4 is 15.4 Å². The Bertz CT molecular complexity index is 804. The predicted molar refractivity (Wildman–Crippen MR) is 113 cm³/mol. The molecule has 0 spiro atoms. The van der Waals surface area contributed by atoms with Crippen molar-refractivity contribution in [3.63, 3.8) is 0 Å². The zero-order chi connectivity index (χ0) is 21.4. The van der Waals surface area contributed by atoms with Gasteiger partial charge in [-0.3, -0.25) is 4.79 Å². The third kappa shape index (κ3) is 6.70. The number of rotatable bonds is 10. The average molecular weight is 423 g/mol. The molecular weight excluding hydrogens is 395 g/mol. The second-order valence-electron chi connectivity index (χ2n) is 7.08. The summed E-state index contributed by atoms with van der Waals surface area (Å²) in [6, 6.07) is 11.3. The fourth-order valence-corrected chi connectivity index (χ4v) is 3.19. The Morgan fingerprint density at radius 2 is 1.86 bits per heavy atom. The van der Waals surface area contributed by atoms with E-state index in [1.165, 1.54) is 0 Å². The lowest BCUT2D eigenvalue weighted by Crippen LogP contribution is -2.40. The Kier molecular flexibility index (Phi) is 8.89. The maximum Gasteiger partial charge on any atom is 0.221 e. The lowest BCUT2D eigenvalue weighted by atomic mass is 10.0. The van der Waals surface area contributed by atoms with E-state index in [4.69, 9.17) is 21.4 Å². The fourth-order valence-electron chi connectivity index (χ4n) is 3.00. The highest BCUT2D eigenvalue weighted by Gasteiger charge is 2.22. The van der Waals surface area contributed by atoms with Gasteiger partial charge in [-0.25, -0.2) is 4.39 Å². The van der Waals surface area contributed by atoms with Gasteiger partial charge in [0, 0.05) is 30.1 Å². The van der Waals surface area contributed by atoms with Gasteiger partial charge in [0.1, 0.15) is 5.75 Å². The Morgan fingerprint density at radius 1 is 1.17 bits per heavy atom. The predicted octanol–water partition coefficient (Wildman–Crippen LogP) is 4.59. The number of hydrogen-bond donors (Lipinski definition) is 3. The minimum Gasteiger partial charge on any atom is -0.453 e. The topological polar surface area (TPSA) is 70.6 Å². The quantitative estimate of drug-likeness (QED) is 0.523.